The summed E-state index contributed by atoms with van der Waals surface area (Å²) in [6.45, 7) is 4.74. The van der Waals surface area contributed by atoms with Gasteiger partial charge in [0.2, 0.25) is 0 Å². The summed E-state index contributed by atoms with van der Waals surface area (Å²) in [6.07, 6.45) is 1.64. The molecule has 4 nitrogen and oxygen atoms in total. The number of nitrogens with one attached hydrogen (secondary N) is 1. The van der Waals surface area contributed by atoms with Crippen LogP contribution in [0.2, 0.25) is 4.34 Å². The second-order valence-corrected chi connectivity index (χ2v) is 6.72. The first-order valence-electron chi connectivity index (χ1n) is 6.73. The first-order valence-corrected chi connectivity index (χ1v) is 8.33. The molecule has 0 aliphatic heterocycles. The van der Waals surface area contributed by atoms with E-state index in [0.29, 0.717) is 17.4 Å². The summed E-state index contributed by atoms with van der Waals surface area (Å²) in [5.74, 6) is 0.640. The van der Waals surface area contributed by atoms with Gasteiger partial charge in [-0.05, 0) is 30.5 Å². The Morgan fingerprint density at radius 1 is 1.33 bits per heavy atom. The van der Waals surface area contributed by atoms with Crippen LogP contribution in [-0.2, 0) is 19.4 Å². The monoisotopic (exact) mass is 340 g/mol. The van der Waals surface area contributed by atoms with E-state index in [4.69, 9.17) is 29.6 Å². The first kappa shape index (κ1) is 16.1. The molecule has 0 fully saturated rings. The molecular weight excluding hydrogens is 324 g/mol. The average molecular weight is 341 g/mol. The number of aryl methyl sites for hydroxylation is 1. The summed E-state index contributed by atoms with van der Waals surface area (Å²) in [5, 5.41) is 11.8. The fourth-order valence-electron chi connectivity index (χ4n) is 2.18. The SMILES string of the molecule is CCc1nnc(NCc2ccc(Cl)s2)c(C(N)=S)c1CC. The predicted octanol–water partition coefficient (Wildman–Crippen LogP) is 3.56. The van der Waals surface area contributed by atoms with Crippen molar-refractivity contribution in [3.63, 3.8) is 0 Å². The van der Waals surface area contributed by atoms with Gasteiger partial charge in [0.15, 0.2) is 5.82 Å². The molecule has 0 unspecified atom stereocenters. The smallest absolute Gasteiger partial charge is 0.159 e. The van der Waals surface area contributed by atoms with Gasteiger partial charge in [0.25, 0.3) is 0 Å². The third kappa shape index (κ3) is 3.70. The Hall–Kier alpha value is -1.24. The van der Waals surface area contributed by atoms with Crippen LogP contribution >= 0.6 is 35.2 Å². The van der Waals surface area contributed by atoms with Crippen LogP contribution in [0.5, 0.6) is 0 Å². The zero-order valence-corrected chi connectivity index (χ0v) is 14.3. The van der Waals surface area contributed by atoms with Crippen molar-refractivity contribution in [3.8, 4) is 0 Å². The molecule has 21 heavy (non-hydrogen) atoms. The van der Waals surface area contributed by atoms with Crippen molar-refractivity contribution in [3.05, 3.63) is 38.2 Å². The van der Waals surface area contributed by atoms with Crippen LogP contribution in [0.25, 0.3) is 0 Å². The highest BCUT2D eigenvalue weighted by Crippen LogP contribution is 2.24. The maximum atomic E-state index is 5.93. The molecule has 2 aromatic rings. The van der Waals surface area contributed by atoms with Gasteiger partial charge in [-0.1, -0.05) is 37.7 Å². The van der Waals surface area contributed by atoms with Gasteiger partial charge in [-0.2, -0.15) is 5.10 Å². The number of nitrogens with two attached hydrogens (primary N) is 1. The van der Waals surface area contributed by atoms with E-state index >= 15 is 0 Å². The molecular formula is C14H17ClN4S2. The van der Waals surface area contributed by atoms with Crippen LogP contribution in [0.3, 0.4) is 0 Å². The summed E-state index contributed by atoms with van der Waals surface area (Å²) < 4.78 is 0.767. The molecule has 2 rings (SSSR count). The van der Waals surface area contributed by atoms with E-state index in [1.165, 1.54) is 11.3 Å². The lowest BCUT2D eigenvalue weighted by molar-refractivity contribution is 0.872. The largest absolute Gasteiger partial charge is 0.389 e. The van der Waals surface area contributed by atoms with E-state index in [0.717, 1.165) is 38.9 Å². The minimum atomic E-state index is 0.350. The Balaban J connectivity index is 2.32. The van der Waals surface area contributed by atoms with Crippen molar-refractivity contribution in [2.45, 2.75) is 33.2 Å². The lowest BCUT2D eigenvalue weighted by Gasteiger charge is -2.15. The van der Waals surface area contributed by atoms with Crippen molar-refractivity contribution >= 4 is 46.0 Å². The van der Waals surface area contributed by atoms with Gasteiger partial charge in [0, 0.05) is 4.88 Å². The Morgan fingerprint density at radius 2 is 2.10 bits per heavy atom. The lowest BCUT2D eigenvalue weighted by Crippen LogP contribution is -2.19. The summed E-state index contributed by atoms with van der Waals surface area (Å²) in [7, 11) is 0. The van der Waals surface area contributed by atoms with Crippen molar-refractivity contribution in [1.29, 1.82) is 0 Å². The summed E-state index contributed by atoms with van der Waals surface area (Å²) in [6, 6.07) is 3.86. The van der Waals surface area contributed by atoms with Crippen LogP contribution in [0.15, 0.2) is 12.1 Å². The molecule has 0 bridgehead atoms. The molecule has 0 aliphatic carbocycles. The quantitative estimate of drug-likeness (QED) is 0.787. The van der Waals surface area contributed by atoms with E-state index in [9.17, 15) is 0 Å². The fourth-order valence-corrected chi connectivity index (χ4v) is 3.43. The van der Waals surface area contributed by atoms with Crippen LogP contribution in [-0.4, -0.2) is 15.2 Å². The maximum Gasteiger partial charge on any atom is 0.159 e. The molecule has 0 atom stereocenters. The number of rotatable bonds is 6. The van der Waals surface area contributed by atoms with E-state index < -0.39 is 0 Å². The minimum absolute atomic E-state index is 0.350. The number of thiophene rings is 1. The lowest BCUT2D eigenvalue weighted by atomic mass is 10.0. The highest BCUT2D eigenvalue weighted by Gasteiger charge is 2.16. The fraction of sp³-hybridized carbons (Fsp3) is 0.357. The van der Waals surface area contributed by atoms with Crippen molar-refractivity contribution in [1.82, 2.24) is 10.2 Å². The van der Waals surface area contributed by atoms with Crippen LogP contribution in [0.4, 0.5) is 5.82 Å². The maximum absolute atomic E-state index is 5.93. The van der Waals surface area contributed by atoms with E-state index in [-0.39, 0.29) is 0 Å². The average Bonchev–Trinajstić information content (AvgIpc) is 2.89. The third-order valence-electron chi connectivity index (χ3n) is 3.15. The van der Waals surface area contributed by atoms with Gasteiger partial charge in [-0.15, -0.1) is 16.4 Å². The topological polar surface area (TPSA) is 63.8 Å². The van der Waals surface area contributed by atoms with Crippen LogP contribution in [0.1, 0.15) is 35.5 Å². The van der Waals surface area contributed by atoms with Crippen molar-refractivity contribution < 1.29 is 0 Å². The molecule has 2 heterocycles. The van der Waals surface area contributed by atoms with E-state index in [2.05, 4.69) is 22.4 Å². The first-order chi connectivity index (χ1) is 10.1. The van der Waals surface area contributed by atoms with Gasteiger partial charge in [-0.25, -0.2) is 0 Å². The standard InChI is InChI=1S/C14H17ClN4S2/c1-3-9-10(4-2)18-19-14(12(9)13(16)20)17-7-8-5-6-11(15)21-8/h5-6H,3-4,7H2,1-2H3,(H2,16,20)(H,17,19). The second kappa shape index (κ2) is 7.15. The molecule has 0 aliphatic rings. The van der Waals surface area contributed by atoms with Gasteiger partial charge in [0.1, 0.15) is 4.99 Å². The number of halogens is 1. The predicted molar refractivity (Wildman–Crippen MR) is 93.3 cm³/mol. The third-order valence-corrected chi connectivity index (χ3v) is 4.59. The van der Waals surface area contributed by atoms with Gasteiger partial charge < -0.3 is 11.1 Å². The zero-order valence-electron chi connectivity index (χ0n) is 11.9. The molecule has 0 aromatic carbocycles. The molecule has 0 amide bonds. The Morgan fingerprint density at radius 3 is 2.62 bits per heavy atom. The summed E-state index contributed by atoms with van der Waals surface area (Å²) >= 11 is 12.7. The number of hydrogen-bond acceptors (Lipinski definition) is 5. The molecule has 0 spiro atoms. The Labute approximate surface area is 138 Å². The Kier molecular flexibility index (Phi) is 5.50. The van der Waals surface area contributed by atoms with Crippen molar-refractivity contribution in [2.75, 3.05) is 5.32 Å². The van der Waals surface area contributed by atoms with Crippen LogP contribution < -0.4 is 11.1 Å². The number of hydrogen-bond donors (Lipinski definition) is 2. The number of thiocarbonyl (C=S) groups is 1. The number of anilines is 1. The molecule has 0 saturated heterocycles. The van der Waals surface area contributed by atoms with Gasteiger partial charge in [-0.3, -0.25) is 0 Å². The zero-order chi connectivity index (χ0) is 15.4. The highest BCUT2D eigenvalue weighted by molar-refractivity contribution is 7.80. The summed E-state index contributed by atoms with van der Waals surface area (Å²) in [4.78, 5) is 1.47. The van der Waals surface area contributed by atoms with Gasteiger partial charge >= 0.3 is 0 Å². The number of nitrogens with zero attached hydrogens (tertiary/aromatic N) is 2. The Bertz CT molecular complexity index is 654. The minimum Gasteiger partial charge on any atom is -0.389 e. The summed E-state index contributed by atoms with van der Waals surface area (Å²) in [5.41, 5.74) is 8.72. The van der Waals surface area contributed by atoms with E-state index in [1.54, 1.807) is 0 Å². The van der Waals surface area contributed by atoms with E-state index in [1.807, 2.05) is 19.1 Å². The van der Waals surface area contributed by atoms with Gasteiger partial charge in [0.05, 0.1) is 22.1 Å². The second-order valence-electron chi connectivity index (χ2n) is 4.48. The molecule has 3 N–H and O–H groups in total. The highest BCUT2D eigenvalue weighted by atomic mass is 35.5. The molecule has 7 heteroatoms. The molecule has 0 radical (unpaired) electrons. The molecule has 112 valence electrons. The number of aromatic nitrogens is 2. The molecule has 2 aromatic heterocycles. The molecule has 0 saturated carbocycles. The normalized spacial score (nSPS) is 10.6. The van der Waals surface area contributed by atoms with Crippen molar-refractivity contribution in [2.24, 2.45) is 5.73 Å². The van der Waals surface area contributed by atoms with Crippen LogP contribution in [0, 0.1) is 0 Å².